The molecule has 0 heterocycles. The Balaban J connectivity index is 4.34. The van der Waals surface area contributed by atoms with Gasteiger partial charge in [0.2, 0.25) is 10.0 Å². The van der Waals surface area contributed by atoms with Crippen molar-refractivity contribution >= 4 is 16.0 Å². The normalized spacial score (nSPS) is 14.3. The van der Waals surface area contributed by atoms with Crippen LogP contribution in [0.1, 0.15) is 13.3 Å². The molecule has 0 saturated carbocycles. The molecule has 7 heteroatoms. The Morgan fingerprint density at radius 2 is 2.00 bits per heavy atom. The van der Waals surface area contributed by atoms with Gasteiger partial charge in [0.05, 0.1) is 18.8 Å². The molecule has 0 amide bonds. The van der Waals surface area contributed by atoms with Crippen LogP contribution >= 0.6 is 0 Å². The number of carboxylic acids is 1. The van der Waals surface area contributed by atoms with Gasteiger partial charge in [-0.05, 0) is 6.92 Å². The van der Waals surface area contributed by atoms with Gasteiger partial charge in [0.1, 0.15) is 0 Å². The van der Waals surface area contributed by atoms with E-state index < -0.39 is 22.1 Å². The van der Waals surface area contributed by atoms with Gasteiger partial charge in [-0.1, -0.05) is 0 Å². The van der Waals surface area contributed by atoms with Crippen LogP contribution in [-0.2, 0) is 14.8 Å². The van der Waals surface area contributed by atoms with Gasteiger partial charge in [-0.3, -0.25) is 4.79 Å². The summed E-state index contributed by atoms with van der Waals surface area (Å²) in [6.45, 7) is 1.25. The van der Waals surface area contributed by atoms with Crippen molar-refractivity contribution in [3.05, 3.63) is 0 Å². The van der Waals surface area contributed by atoms with E-state index in [1.807, 2.05) is 0 Å². The Kier molecular flexibility index (Phi) is 5.03. The fourth-order valence-electron chi connectivity index (χ4n) is 0.908. The van der Waals surface area contributed by atoms with Crippen LogP contribution in [0.2, 0.25) is 0 Å². The zero-order valence-electron chi connectivity index (χ0n) is 8.17. The zero-order valence-corrected chi connectivity index (χ0v) is 8.99. The van der Waals surface area contributed by atoms with Crippen molar-refractivity contribution in [2.45, 2.75) is 19.4 Å². The average molecular weight is 225 g/mol. The highest BCUT2D eigenvalue weighted by Crippen LogP contribution is 2.01. The Hall–Kier alpha value is -0.660. The van der Waals surface area contributed by atoms with E-state index in [2.05, 4.69) is 0 Å². The highest BCUT2D eigenvalue weighted by Gasteiger charge is 2.18. The van der Waals surface area contributed by atoms with Crippen molar-refractivity contribution in [1.82, 2.24) is 4.31 Å². The number of hydrogen-bond acceptors (Lipinski definition) is 4. The first kappa shape index (κ1) is 13.3. The molecule has 0 spiro atoms. The fourth-order valence-corrected chi connectivity index (χ4v) is 1.82. The third kappa shape index (κ3) is 5.90. The van der Waals surface area contributed by atoms with E-state index in [1.165, 1.54) is 6.92 Å². The molecule has 0 aromatic heterocycles. The number of sulfonamides is 1. The minimum atomic E-state index is -3.45. The van der Waals surface area contributed by atoms with Crippen LogP contribution in [-0.4, -0.2) is 54.4 Å². The molecule has 0 saturated heterocycles. The van der Waals surface area contributed by atoms with Gasteiger partial charge in [-0.25, -0.2) is 8.42 Å². The van der Waals surface area contributed by atoms with Crippen LogP contribution in [0.5, 0.6) is 0 Å². The molecule has 1 atom stereocenters. The maximum atomic E-state index is 11.1. The standard InChI is InChI=1S/C7H15NO5S/c1-6(9)5-8(14(2,12)13)4-3-7(10)11/h6,9H,3-5H2,1-2H3,(H,10,11). The Morgan fingerprint density at radius 1 is 1.50 bits per heavy atom. The molecule has 0 aromatic carbocycles. The van der Waals surface area contributed by atoms with Crippen molar-refractivity contribution in [2.75, 3.05) is 19.3 Å². The summed E-state index contributed by atoms with van der Waals surface area (Å²) in [6, 6.07) is 0. The highest BCUT2D eigenvalue weighted by molar-refractivity contribution is 7.88. The summed E-state index contributed by atoms with van der Waals surface area (Å²) >= 11 is 0. The number of aliphatic hydroxyl groups is 1. The second-order valence-corrected chi connectivity index (χ2v) is 5.10. The lowest BCUT2D eigenvalue weighted by molar-refractivity contribution is -0.137. The third-order valence-electron chi connectivity index (χ3n) is 1.51. The molecule has 6 nitrogen and oxygen atoms in total. The minimum Gasteiger partial charge on any atom is -0.481 e. The molecule has 2 N–H and O–H groups in total. The van der Waals surface area contributed by atoms with E-state index >= 15 is 0 Å². The highest BCUT2D eigenvalue weighted by atomic mass is 32.2. The smallest absolute Gasteiger partial charge is 0.304 e. The largest absolute Gasteiger partial charge is 0.481 e. The van der Waals surface area contributed by atoms with Crippen LogP contribution < -0.4 is 0 Å². The fraction of sp³-hybridized carbons (Fsp3) is 0.857. The second kappa shape index (κ2) is 5.28. The van der Waals surface area contributed by atoms with Gasteiger partial charge in [0.15, 0.2) is 0 Å². The molecular formula is C7H15NO5S. The lowest BCUT2D eigenvalue weighted by Gasteiger charge is -2.20. The number of aliphatic hydroxyl groups excluding tert-OH is 1. The van der Waals surface area contributed by atoms with Crippen molar-refractivity contribution in [3.63, 3.8) is 0 Å². The second-order valence-electron chi connectivity index (χ2n) is 3.11. The summed E-state index contributed by atoms with van der Waals surface area (Å²) in [5.74, 6) is -1.07. The van der Waals surface area contributed by atoms with Crippen LogP contribution in [0, 0.1) is 0 Å². The maximum absolute atomic E-state index is 11.1. The topological polar surface area (TPSA) is 94.9 Å². The van der Waals surface area contributed by atoms with E-state index in [4.69, 9.17) is 10.2 Å². The Labute approximate surface area is 83.2 Å². The van der Waals surface area contributed by atoms with Crippen LogP contribution in [0.4, 0.5) is 0 Å². The molecule has 0 radical (unpaired) electrons. The first-order chi connectivity index (χ1) is 6.23. The lowest BCUT2D eigenvalue weighted by Crippen LogP contribution is -2.37. The molecule has 14 heavy (non-hydrogen) atoms. The molecule has 0 bridgehead atoms. The van der Waals surface area contributed by atoms with Gasteiger partial charge in [-0.15, -0.1) is 0 Å². The van der Waals surface area contributed by atoms with E-state index in [-0.39, 0.29) is 19.5 Å². The Morgan fingerprint density at radius 3 is 2.29 bits per heavy atom. The number of rotatable bonds is 6. The number of carboxylic acid groups (broad SMARTS) is 1. The average Bonchev–Trinajstić information content (AvgIpc) is 1.94. The summed E-state index contributed by atoms with van der Waals surface area (Å²) < 4.78 is 23.2. The summed E-state index contributed by atoms with van der Waals surface area (Å²) in [7, 11) is -3.45. The third-order valence-corrected chi connectivity index (χ3v) is 2.78. The zero-order chi connectivity index (χ0) is 11.4. The van der Waals surface area contributed by atoms with Gasteiger partial charge >= 0.3 is 5.97 Å². The molecule has 0 aromatic rings. The monoisotopic (exact) mass is 225 g/mol. The van der Waals surface area contributed by atoms with E-state index in [1.54, 1.807) is 0 Å². The number of aliphatic carboxylic acids is 1. The van der Waals surface area contributed by atoms with Crippen molar-refractivity contribution in [1.29, 1.82) is 0 Å². The van der Waals surface area contributed by atoms with Crippen LogP contribution in [0.3, 0.4) is 0 Å². The van der Waals surface area contributed by atoms with Crippen LogP contribution in [0.25, 0.3) is 0 Å². The minimum absolute atomic E-state index is 0.0773. The molecule has 0 aliphatic rings. The summed E-state index contributed by atoms with van der Waals surface area (Å²) in [5.41, 5.74) is 0. The Bertz CT molecular complexity index is 284. The van der Waals surface area contributed by atoms with Gasteiger partial charge in [-0.2, -0.15) is 4.31 Å². The van der Waals surface area contributed by atoms with Crippen molar-refractivity contribution < 1.29 is 23.4 Å². The summed E-state index contributed by atoms with van der Waals surface area (Å²) in [6.07, 6.45) is -0.0877. The molecule has 0 aliphatic carbocycles. The van der Waals surface area contributed by atoms with Crippen molar-refractivity contribution in [3.8, 4) is 0 Å². The molecule has 84 valence electrons. The maximum Gasteiger partial charge on any atom is 0.304 e. The predicted molar refractivity (Wildman–Crippen MR) is 50.4 cm³/mol. The predicted octanol–water partition coefficient (Wildman–Crippen LogP) is -0.896. The van der Waals surface area contributed by atoms with Gasteiger partial charge in [0, 0.05) is 13.1 Å². The molecule has 0 aliphatic heterocycles. The van der Waals surface area contributed by atoms with Gasteiger partial charge in [0.25, 0.3) is 0 Å². The first-order valence-electron chi connectivity index (χ1n) is 4.08. The van der Waals surface area contributed by atoms with Crippen molar-refractivity contribution in [2.24, 2.45) is 0 Å². The van der Waals surface area contributed by atoms with Gasteiger partial charge < -0.3 is 10.2 Å². The SMILES string of the molecule is CC(O)CN(CCC(=O)O)S(C)(=O)=O. The quantitative estimate of drug-likeness (QED) is 0.611. The first-order valence-corrected chi connectivity index (χ1v) is 5.93. The van der Waals surface area contributed by atoms with E-state index in [9.17, 15) is 13.2 Å². The lowest BCUT2D eigenvalue weighted by atomic mass is 10.4. The number of nitrogens with zero attached hydrogens (tertiary/aromatic N) is 1. The molecular weight excluding hydrogens is 210 g/mol. The summed E-state index contributed by atoms with van der Waals surface area (Å²) in [4.78, 5) is 10.2. The summed E-state index contributed by atoms with van der Waals surface area (Å²) in [5, 5.41) is 17.4. The molecule has 0 rings (SSSR count). The van der Waals surface area contributed by atoms with E-state index in [0.717, 1.165) is 10.6 Å². The number of hydrogen-bond donors (Lipinski definition) is 2. The molecule has 1 unspecified atom stereocenters. The number of carbonyl (C=O) groups is 1. The van der Waals surface area contributed by atoms with E-state index in [0.29, 0.717) is 0 Å². The molecule has 0 fully saturated rings. The van der Waals surface area contributed by atoms with Crippen LogP contribution in [0.15, 0.2) is 0 Å².